The normalized spacial score (nSPS) is 24.0. The van der Waals surface area contributed by atoms with E-state index in [4.69, 9.17) is 0 Å². The number of piperazine rings is 1. The number of para-hydroxylation sites is 1. The number of carbonyl (C=O) groups is 3. The molecular weight excluding hydrogens is 332 g/mol. The number of benzene rings is 1. The second-order valence-corrected chi connectivity index (χ2v) is 7.23. The number of nitrogens with one attached hydrogen (secondary N) is 1. The molecule has 4 rings (SSSR count). The number of hydrogen-bond acceptors (Lipinski definition) is 3. The summed E-state index contributed by atoms with van der Waals surface area (Å²) in [5.74, 6) is -0.140. The minimum Gasteiger partial charge on any atom is -0.320 e. The van der Waals surface area contributed by atoms with Crippen molar-refractivity contribution in [1.29, 1.82) is 0 Å². The zero-order chi connectivity index (χ0) is 18.1. The third-order valence-corrected chi connectivity index (χ3v) is 5.61. The number of amides is 5. The fourth-order valence-corrected chi connectivity index (χ4v) is 4.20. The SMILES string of the molecule is O=C(Nc1ccccc1)N1CCN2C(=O)N(C3CCCCC3)C(=O)C2C1. The van der Waals surface area contributed by atoms with Gasteiger partial charge in [-0.1, -0.05) is 37.5 Å². The lowest BCUT2D eigenvalue weighted by molar-refractivity contribution is -0.131. The van der Waals surface area contributed by atoms with E-state index in [1.54, 1.807) is 9.80 Å². The van der Waals surface area contributed by atoms with Crippen molar-refractivity contribution in [3.05, 3.63) is 30.3 Å². The molecule has 1 aromatic rings. The average Bonchev–Trinajstić information content (AvgIpc) is 2.93. The highest BCUT2D eigenvalue weighted by Gasteiger charge is 2.50. The van der Waals surface area contributed by atoms with Gasteiger partial charge in [-0.05, 0) is 25.0 Å². The molecule has 0 spiro atoms. The van der Waals surface area contributed by atoms with Gasteiger partial charge in [0.25, 0.3) is 5.91 Å². The Bertz CT molecular complexity index is 702. The number of urea groups is 2. The van der Waals surface area contributed by atoms with Gasteiger partial charge < -0.3 is 15.1 Å². The van der Waals surface area contributed by atoms with Crippen LogP contribution in [0.25, 0.3) is 0 Å². The molecule has 1 atom stereocenters. The van der Waals surface area contributed by atoms with Gasteiger partial charge in [0.15, 0.2) is 0 Å². The van der Waals surface area contributed by atoms with E-state index in [-0.39, 0.29) is 30.6 Å². The van der Waals surface area contributed by atoms with Crippen LogP contribution in [0.4, 0.5) is 15.3 Å². The molecule has 1 aromatic carbocycles. The Hall–Kier alpha value is -2.57. The van der Waals surface area contributed by atoms with E-state index in [9.17, 15) is 14.4 Å². The van der Waals surface area contributed by atoms with Crippen LogP contribution < -0.4 is 5.32 Å². The summed E-state index contributed by atoms with van der Waals surface area (Å²) in [6.45, 7) is 1.10. The topological polar surface area (TPSA) is 73.0 Å². The lowest BCUT2D eigenvalue weighted by Crippen LogP contribution is -2.55. The Morgan fingerprint density at radius 2 is 1.73 bits per heavy atom. The molecule has 7 heteroatoms. The smallest absolute Gasteiger partial charge is 0.320 e. The van der Waals surface area contributed by atoms with Crippen molar-refractivity contribution in [2.75, 3.05) is 25.0 Å². The lowest BCUT2D eigenvalue weighted by atomic mass is 9.94. The highest BCUT2D eigenvalue weighted by molar-refractivity contribution is 6.05. The third-order valence-electron chi connectivity index (χ3n) is 5.61. The van der Waals surface area contributed by atoms with Crippen LogP contribution in [-0.2, 0) is 4.79 Å². The quantitative estimate of drug-likeness (QED) is 0.828. The fraction of sp³-hybridized carbons (Fsp3) is 0.526. The van der Waals surface area contributed by atoms with E-state index in [0.717, 1.165) is 31.4 Å². The average molecular weight is 356 g/mol. The molecule has 1 saturated carbocycles. The van der Waals surface area contributed by atoms with Crippen molar-refractivity contribution < 1.29 is 14.4 Å². The standard InChI is InChI=1S/C19H24N4O3/c24-17-16-13-21(18(25)20-14-7-3-1-4-8-14)11-12-22(16)19(26)23(17)15-9-5-2-6-10-15/h1,3-4,7-8,15-16H,2,5-6,9-13H2,(H,20,25). The predicted molar refractivity (Wildman–Crippen MR) is 96.6 cm³/mol. The molecule has 0 radical (unpaired) electrons. The molecule has 0 bridgehead atoms. The maximum Gasteiger partial charge on any atom is 0.327 e. The number of imide groups is 1. The van der Waals surface area contributed by atoms with Gasteiger partial charge in [0.2, 0.25) is 0 Å². The van der Waals surface area contributed by atoms with Crippen LogP contribution in [0.2, 0.25) is 0 Å². The van der Waals surface area contributed by atoms with Crippen LogP contribution in [0, 0.1) is 0 Å². The largest absolute Gasteiger partial charge is 0.327 e. The minimum atomic E-state index is -0.542. The van der Waals surface area contributed by atoms with E-state index in [0.29, 0.717) is 13.1 Å². The number of hydrogen-bond donors (Lipinski definition) is 1. The van der Waals surface area contributed by atoms with E-state index in [2.05, 4.69) is 5.32 Å². The van der Waals surface area contributed by atoms with Crippen LogP contribution in [0.3, 0.4) is 0 Å². The second kappa shape index (κ2) is 6.97. The van der Waals surface area contributed by atoms with E-state index >= 15 is 0 Å². The van der Waals surface area contributed by atoms with E-state index < -0.39 is 6.04 Å². The molecule has 5 amide bonds. The van der Waals surface area contributed by atoms with Crippen LogP contribution in [0.15, 0.2) is 30.3 Å². The second-order valence-electron chi connectivity index (χ2n) is 7.23. The molecule has 2 saturated heterocycles. The van der Waals surface area contributed by atoms with Crippen molar-refractivity contribution in [3.8, 4) is 0 Å². The molecule has 7 nitrogen and oxygen atoms in total. The number of carbonyl (C=O) groups excluding carboxylic acids is 3. The Morgan fingerprint density at radius 1 is 1.00 bits per heavy atom. The first-order valence-corrected chi connectivity index (χ1v) is 9.40. The highest BCUT2D eigenvalue weighted by Crippen LogP contribution is 2.30. The van der Waals surface area contributed by atoms with Crippen LogP contribution in [0.5, 0.6) is 0 Å². The van der Waals surface area contributed by atoms with Gasteiger partial charge in [0.05, 0.1) is 6.54 Å². The maximum absolute atomic E-state index is 12.9. The summed E-state index contributed by atoms with van der Waals surface area (Å²) in [6, 6.07) is 8.33. The van der Waals surface area contributed by atoms with Crippen molar-refractivity contribution >= 4 is 23.7 Å². The summed E-state index contributed by atoms with van der Waals surface area (Å²) in [5, 5.41) is 2.85. The van der Waals surface area contributed by atoms with Crippen molar-refractivity contribution in [2.45, 2.75) is 44.2 Å². The third kappa shape index (κ3) is 3.02. The number of fused-ring (bicyclic) bond motifs is 1. The summed E-state index contributed by atoms with van der Waals surface area (Å²) in [6.07, 6.45) is 5.11. The maximum atomic E-state index is 12.9. The summed E-state index contributed by atoms with van der Waals surface area (Å²) in [7, 11) is 0. The number of anilines is 1. The van der Waals surface area contributed by atoms with Gasteiger partial charge >= 0.3 is 12.1 Å². The minimum absolute atomic E-state index is 0.0287. The monoisotopic (exact) mass is 356 g/mol. The van der Waals surface area contributed by atoms with E-state index in [1.165, 1.54) is 11.3 Å². The summed E-state index contributed by atoms with van der Waals surface area (Å²) < 4.78 is 0. The molecule has 1 N–H and O–H groups in total. The lowest BCUT2D eigenvalue weighted by Gasteiger charge is -2.35. The Kier molecular flexibility index (Phi) is 4.53. The van der Waals surface area contributed by atoms with Crippen LogP contribution in [0.1, 0.15) is 32.1 Å². The molecule has 2 heterocycles. The highest BCUT2D eigenvalue weighted by atomic mass is 16.2. The molecule has 0 aromatic heterocycles. The predicted octanol–water partition coefficient (Wildman–Crippen LogP) is 2.50. The van der Waals surface area contributed by atoms with Gasteiger partial charge in [0.1, 0.15) is 6.04 Å². The Labute approximate surface area is 152 Å². The molecule has 138 valence electrons. The molecular formula is C19H24N4O3. The fourth-order valence-electron chi connectivity index (χ4n) is 4.20. The van der Waals surface area contributed by atoms with Crippen molar-refractivity contribution in [3.63, 3.8) is 0 Å². The van der Waals surface area contributed by atoms with Gasteiger partial charge in [0, 0.05) is 24.8 Å². The first kappa shape index (κ1) is 16.9. The van der Waals surface area contributed by atoms with Crippen LogP contribution >= 0.6 is 0 Å². The summed E-state index contributed by atoms with van der Waals surface area (Å²) in [4.78, 5) is 42.9. The number of rotatable bonds is 2. The van der Waals surface area contributed by atoms with Gasteiger partial charge in [-0.3, -0.25) is 9.69 Å². The van der Waals surface area contributed by atoms with Gasteiger partial charge in [-0.2, -0.15) is 0 Å². The van der Waals surface area contributed by atoms with E-state index in [1.807, 2.05) is 30.3 Å². The van der Waals surface area contributed by atoms with Crippen molar-refractivity contribution in [1.82, 2.24) is 14.7 Å². The van der Waals surface area contributed by atoms with Crippen molar-refractivity contribution in [2.24, 2.45) is 0 Å². The Morgan fingerprint density at radius 3 is 2.46 bits per heavy atom. The molecule has 2 aliphatic heterocycles. The first-order chi connectivity index (χ1) is 12.6. The summed E-state index contributed by atoms with van der Waals surface area (Å²) in [5.41, 5.74) is 0.720. The molecule has 1 unspecified atom stereocenters. The van der Waals surface area contributed by atoms with Gasteiger partial charge in [-0.25, -0.2) is 9.59 Å². The first-order valence-electron chi connectivity index (χ1n) is 9.40. The molecule has 3 aliphatic rings. The Balaban J connectivity index is 1.43. The number of nitrogens with zero attached hydrogens (tertiary/aromatic N) is 3. The summed E-state index contributed by atoms with van der Waals surface area (Å²) >= 11 is 0. The molecule has 1 aliphatic carbocycles. The van der Waals surface area contributed by atoms with Gasteiger partial charge in [-0.15, -0.1) is 0 Å². The van der Waals surface area contributed by atoms with Crippen LogP contribution in [-0.4, -0.2) is 64.4 Å². The molecule has 26 heavy (non-hydrogen) atoms. The zero-order valence-electron chi connectivity index (χ0n) is 14.8. The zero-order valence-corrected chi connectivity index (χ0v) is 14.8. The molecule has 3 fully saturated rings.